The highest BCUT2D eigenvalue weighted by Crippen LogP contribution is 2.20. The molecule has 122 valence electrons. The van der Waals surface area contributed by atoms with Gasteiger partial charge >= 0.3 is 0 Å². The quantitative estimate of drug-likeness (QED) is 0.858. The number of nitrogens with one attached hydrogen (secondary N) is 1. The van der Waals surface area contributed by atoms with Crippen LogP contribution in [-0.4, -0.2) is 20.6 Å². The molecule has 1 N–H and O–H groups in total. The van der Waals surface area contributed by atoms with E-state index in [1.165, 1.54) is 12.1 Å². The first-order valence-electron chi connectivity index (χ1n) is 7.05. The van der Waals surface area contributed by atoms with Crippen LogP contribution in [0.3, 0.4) is 0 Å². The molecule has 0 heterocycles. The van der Waals surface area contributed by atoms with E-state index in [-0.39, 0.29) is 16.8 Å². The molecule has 0 saturated heterocycles. The molecule has 0 radical (unpaired) electrons. The Hall–Kier alpha value is -1.66. The average Bonchev–Trinajstić information content (AvgIpc) is 2.46. The van der Waals surface area contributed by atoms with Crippen molar-refractivity contribution in [3.05, 3.63) is 63.6 Å². The lowest BCUT2D eigenvalue weighted by Crippen LogP contribution is -2.27. The van der Waals surface area contributed by atoms with Gasteiger partial charge in [0, 0.05) is 16.3 Å². The summed E-state index contributed by atoms with van der Waals surface area (Å²) >= 11 is 3.41. The van der Waals surface area contributed by atoms with E-state index in [0.29, 0.717) is 5.56 Å². The smallest absolute Gasteiger partial charge is 0.252 e. The third-order valence-corrected chi connectivity index (χ3v) is 5.18. The Balaban J connectivity index is 2.27. The van der Waals surface area contributed by atoms with Crippen molar-refractivity contribution >= 4 is 31.7 Å². The zero-order valence-corrected chi connectivity index (χ0v) is 15.5. The molecule has 2 rings (SSSR count). The van der Waals surface area contributed by atoms with Gasteiger partial charge in [0.15, 0.2) is 9.84 Å². The van der Waals surface area contributed by atoms with Gasteiger partial charge in [0.1, 0.15) is 0 Å². The number of carbonyl (C=O) groups excluding carboxylic acids is 1. The molecule has 0 aliphatic rings. The van der Waals surface area contributed by atoms with Crippen molar-refractivity contribution < 1.29 is 13.2 Å². The van der Waals surface area contributed by atoms with Gasteiger partial charge in [-0.05, 0) is 49.2 Å². The van der Waals surface area contributed by atoms with Crippen molar-refractivity contribution in [1.82, 2.24) is 5.32 Å². The summed E-state index contributed by atoms with van der Waals surface area (Å²) in [5.41, 5.74) is 2.07. The first kappa shape index (κ1) is 17.7. The third kappa shape index (κ3) is 4.42. The van der Waals surface area contributed by atoms with Crippen molar-refractivity contribution in [1.29, 1.82) is 0 Å². The highest BCUT2D eigenvalue weighted by Gasteiger charge is 2.16. The summed E-state index contributed by atoms with van der Waals surface area (Å²) in [7, 11) is -3.35. The average molecular weight is 396 g/mol. The molecule has 23 heavy (non-hydrogen) atoms. The van der Waals surface area contributed by atoms with E-state index in [1.807, 2.05) is 31.2 Å². The molecule has 0 aliphatic heterocycles. The minimum atomic E-state index is -3.35. The van der Waals surface area contributed by atoms with Gasteiger partial charge in [-0.3, -0.25) is 4.79 Å². The zero-order chi connectivity index (χ0) is 17.2. The van der Waals surface area contributed by atoms with Crippen molar-refractivity contribution in [2.75, 3.05) is 6.26 Å². The molecular formula is C17H18BrNO3S. The normalized spacial score (nSPS) is 12.7. The standard InChI is InChI=1S/C17H18BrNO3S/c1-11-7-8-15(23(3,21)22)10-16(11)17(20)19-12(2)13-5-4-6-14(18)9-13/h4-10,12H,1-3H3,(H,19,20). The summed E-state index contributed by atoms with van der Waals surface area (Å²) in [4.78, 5) is 12.6. The second-order valence-electron chi connectivity index (χ2n) is 5.50. The van der Waals surface area contributed by atoms with Crippen LogP contribution in [0.1, 0.15) is 34.5 Å². The second kappa shape index (κ2) is 6.84. The van der Waals surface area contributed by atoms with Gasteiger partial charge < -0.3 is 5.32 Å². The van der Waals surface area contributed by atoms with E-state index in [0.717, 1.165) is 21.9 Å². The van der Waals surface area contributed by atoms with Gasteiger partial charge in [-0.1, -0.05) is 34.1 Å². The predicted molar refractivity (Wildman–Crippen MR) is 94.3 cm³/mol. The van der Waals surface area contributed by atoms with Crippen LogP contribution in [0.15, 0.2) is 51.8 Å². The van der Waals surface area contributed by atoms with Crippen molar-refractivity contribution in [3.63, 3.8) is 0 Å². The van der Waals surface area contributed by atoms with E-state index in [9.17, 15) is 13.2 Å². The lowest BCUT2D eigenvalue weighted by Gasteiger charge is -2.16. The van der Waals surface area contributed by atoms with Gasteiger partial charge in [0.05, 0.1) is 10.9 Å². The lowest BCUT2D eigenvalue weighted by molar-refractivity contribution is 0.0939. The number of sulfone groups is 1. The van der Waals surface area contributed by atoms with Gasteiger partial charge in [-0.15, -0.1) is 0 Å². The number of amides is 1. The van der Waals surface area contributed by atoms with Crippen molar-refractivity contribution in [2.24, 2.45) is 0 Å². The Morgan fingerprint density at radius 1 is 1.17 bits per heavy atom. The first-order valence-corrected chi connectivity index (χ1v) is 9.74. The minimum absolute atomic E-state index is 0.142. The molecule has 6 heteroatoms. The number of rotatable bonds is 4. The van der Waals surface area contributed by atoms with Crippen LogP contribution >= 0.6 is 15.9 Å². The molecule has 0 fully saturated rings. The number of benzene rings is 2. The SMILES string of the molecule is Cc1ccc(S(C)(=O)=O)cc1C(=O)NC(C)c1cccc(Br)c1. The van der Waals surface area contributed by atoms with Gasteiger partial charge in [0.2, 0.25) is 0 Å². The first-order chi connectivity index (χ1) is 10.7. The fraction of sp³-hybridized carbons (Fsp3) is 0.235. The molecule has 0 spiro atoms. The maximum absolute atomic E-state index is 12.5. The fourth-order valence-electron chi connectivity index (χ4n) is 2.21. The fourth-order valence-corrected chi connectivity index (χ4v) is 3.27. The minimum Gasteiger partial charge on any atom is -0.346 e. The van der Waals surface area contributed by atoms with Crippen LogP contribution in [0.2, 0.25) is 0 Å². The summed E-state index contributed by atoms with van der Waals surface area (Å²) in [6, 6.07) is 12.1. The topological polar surface area (TPSA) is 63.2 Å². The number of carbonyl (C=O) groups is 1. The van der Waals surface area contributed by atoms with Gasteiger partial charge in [0.25, 0.3) is 5.91 Å². The maximum Gasteiger partial charge on any atom is 0.252 e. The van der Waals surface area contributed by atoms with Gasteiger partial charge in [-0.25, -0.2) is 8.42 Å². The summed E-state index contributed by atoms with van der Waals surface area (Å²) < 4.78 is 24.3. The number of hydrogen-bond acceptors (Lipinski definition) is 3. The molecule has 0 aromatic heterocycles. The summed E-state index contributed by atoms with van der Waals surface area (Å²) in [5.74, 6) is -0.291. The van der Waals surface area contributed by atoms with Crippen LogP contribution in [0, 0.1) is 6.92 Å². The van der Waals surface area contributed by atoms with E-state index < -0.39 is 9.84 Å². The van der Waals surface area contributed by atoms with Crippen LogP contribution in [0.25, 0.3) is 0 Å². The molecule has 1 amide bonds. The molecule has 4 nitrogen and oxygen atoms in total. The highest BCUT2D eigenvalue weighted by atomic mass is 79.9. The summed E-state index contributed by atoms with van der Waals surface area (Å²) in [6.07, 6.45) is 1.13. The molecule has 2 aromatic rings. The van der Waals surface area contributed by atoms with E-state index in [4.69, 9.17) is 0 Å². The Labute approximate surface area is 145 Å². The monoisotopic (exact) mass is 395 g/mol. The Kier molecular flexibility index (Phi) is 5.26. The van der Waals surface area contributed by atoms with E-state index in [2.05, 4.69) is 21.2 Å². The van der Waals surface area contributed by atoms with Crippen molar-refractivity contribution in [3.8, 4) is 0 Å². The number of aryl methyl sites for hydroxylation is 1. The molecule has 2 aromatic carbocycles. The molecule has 0 bridgehead atoms. The van der Waals surface area contributed by atoms with E-state index >= 15 is 0 Å². The largest absolute Gasteiger partial charge is 0.346 e. The lowest BCUT2D eigenvalue weighted by atomic mass is 10.1. The molecule has 1 unspecified atom stereocenters. The Morgan fingerprint density at radius 3 is 2.48 bits per heavy atom. The highest BCUT2D eigenvalue weighted by molar-refractivity contribution is 9.10. The number of hydrogen-bond donors (Lipinski definition) is 1. The van der Waals surface area contributed by atoms with Crippen LogP contribution in [-0.2, 0) is 9.84 Å². The third-order valence-electron chi connectivity index (χ3n) is 3.58. The maximum atomic E-state index is 12.5. The van der Waals surface area contributed by atoms with Crippen LogP contribution < -0.4 is 5.32 Å². The van der Waals surface area contributed by atoms with Crippen LogP contribution in [0.4, 0.5) is 0 Å². The Morgan fingerprint density at radius 2 is 1.87 bits per heavy atom. The molecule has 0 aliphatic carbocycles. The summed E-state index contributed by atoms with van der Waals surface area (Å²) in [6.45, 7) is 3.67. The zero-order valence-electron chi connectivity index (χ0n) is 13.1. The van der Waals surface area contributed by atoms with Gasteiger partial charge in [-0.2, -0.15) is 0 Å². The molecular weight excluding hydrogens is 378 g/mol. The molecule has 1 atom stereocenters. The second-order valence-corrected chi connectivity index (χ2v) is 8.43. The van der Waals surface area contributed by atoms with Crippen molar-refractivity contribution in [2.45, 2.75) is 24.8 Å². The molecule has 0 saturated carbocycles. The van der Waals surface area contributed by atoms with E-state index in [1.54, 1.807) is 13.0 Å². The Bertz CT molecular complexity index is 847. The van der Waals surface area contributed by atoms with Crippen LogP contribution in [0.5, 0.6) is 0 Å². The summed E-state index contributed by atoms with van der Waals surface area (Å²) in [5, 5.41) is 2.90. The predicted octanol–water partition coefficient (Wildman–Crippen LogP) is 3.65. The number of halogens is 1.